The third kappa shape index (κ3) is 3.51. The lowest BCUT2D eigenvalue weighted by atomic mass is 10.1. The van der Waals surface area contributed by atoms with Gasteiger partial charge in [0.2, 0.25) is 5.91 Å². The van der Waals surface area contributed by atoms with Gasteiger partial charge in [0.1, 0.15) is 23.2 Å². The van der Waals surface area contributed by atoms with Crippen LogP contribution in [0.1, 0.15) is 28.1 Å². The Morgan fingerprint density at radius 2 is 1.94 bits per heavy atom. The second-order valence-electron chi connectivity index (χ2n) is 7.68. The maximum atomic E-state index is 13.4. The van der Waals surface area contributed by atoms with Crippen LogP contribution in [0.3, 0.4) is 0 Å². The summed E-state index contributed by atoms with van der Waals surface area (Å²) in [5, 5.41) is 4.98. The number of hydrogen-bond acceptors (Lipinski definition) is 4. The molecule has 3 aromatic heterocycles. The van der Waals surface area contributed by atoms with Gasteiger partial charge in [-0.3, -0.25) is 14.0 Å². The Kier molecular flexibility index (Phi) is 5.03. The Morgan fingerprint density at radius 3 is 2.71 bits per heavy atom. The van der Waals surface area contributed by atoms with Gasteiger partial charge in [-0.15, -0.1) is 11.3 Å². The zero-order valence-corrected chi connectivity index (χ0v) is 17.9. The molecule has 1 atom stereocenters. The predicted molar refractivity (Wildman–Crippen MR) is 122 cm³/mol. The molecule has 0 bridgehead atoms. The molecule has 0 spiro atoms. The zero-order valence-electron chi connectivity index (χ0n) is 17.1. The first-order valence-electron chi connectivity index (χ1n) is 10.3. The van der Waals surface area contributed by atoms with Crippen molar-refractivity contribution in [2.24, 2.45) is 0 Å². The number of fused-ring (bicyclic) bond motifs is 1. The van der Waals surface area contributed by atoms with Gasteiger partial charge in [0.05, 0.1) is 4.88 Å². The highest BCUT2D eigenvalue weighted by Gasteiger charge is 2.35. The fourth-order valence-electron chi connectivity index (χ4n) is 4.14. The van der Waals surface area contributed by atoms with Crippen LogP contribution in [-0.2, 0) is 4.79 Å². The average Bonchev–Trinajstić information content (AvgIpc) is 3.55. The molecule has 0 saturated carbocycles. The second-order valence-corrected chi connectivity index (χ2v) is 8.63. The van der Waals surface area contributed by atoms with Gasteiger partial charge in [-0.2, -0.15) is 0 Å². The van der Waals surface area contributed by atoms with Gasteiger partial charge in [-0.1, -0.05) is 42.5 Å². The van der Waals surface area contributed by atoms with Crippen LogP contribution in [0.5, 0.6) is 0 Å². The zero-order chi connectivity index (χ0) is 21.4. The molecule has 156 valence electrons. The van der Waals surface area contributed by atoms with Crippen LogP contribution in [0.2, 0.25) is 0 Å². The molecule has 2 amide bonds. The Morgan fingerprint density at radius 1 is 1.10 bits per heavy atom. The summed E-state index contributed by atoms with van der Waals surface area (Å²) < 4.78 is 1.91. The van der Waals surface area contributed by atoms with Gasteiger partial charge in [-0.25, -0.2) is 4.98 Å². The lowest BCUT2D eigenvalue weighted by Gasteiger charge is -2.23. The summed E-state index contributed by atoms with van der Waals surface area (Å²) in [6, 6.07) is 16.9. The molecule has 4 aromatic rings. The first-order valence-corrected chi connectivity index (χ1v) is 11.2. The number of nitrogens with one attached hydrogen (secondary N) is 1. The number of nitrogens with zero attached hydrogens (tertiary/aromatic N) is 3. The molecular formula is C24H22N4O2S. The summed E-state index contributed by atoms with van der Waals surface area (Å²) in [7, 11) is 0. The number of imidazole rings is 1. The van der Waals surface area contributed by atoms with Crippen molar-refractivity contribution in [1.29, 1.82) is 0 Å². The SMILES string of the molecule is Cc1cccn2c(NC(=O)C3CCCN3C(=O)c3cccs3)c(-c3ccccc3)nc12. The normalized spacial score (nSPS) is 16.0. The third-order valence-corrected chi connectivity index (χ3v) is 6.54. The number of likely N-dealkylation sites (tertiary alicyclic amines) is 1. The second kappa shape index (κ2) is 8.00. The average molecular weight is 431 g/mol. The molecule has 7 heteroatoms. The van der Waals surface area contributed by atoms with E-state index in [1.165, 1.54) is 11.3 Å². The van der Waals surface area contributed by atoms with Crippen LogP contribution in [0.25, 0.3) is 16.9 Å². The maximum absolute atomic E-state index is 13.4. The number of hydrogen-bond donors (Lipinski definition) is 1. The van der Waals surface area contributed by atoms with Crippen LogP contribution in [0.15, 0.2) is 66.2 Å². The molecule has 1 aliphatic rings. The molecular weight excluding hydrogens is 408 g/mol. The van der Waals surface area contributed by atoms with Crippen molar-refractivity contribution < 1.29 is 9.59 Å². The highest BCUT2D eigenvalue weighted by molar-refractivity contribution is 7.12. The van der Waals surface area contributed by atoms with Gasteiger partial charge in [-0.05, 0) is 42.8 Å². The van der Waals surface area contributed by atoms with Gasteiger partial charge in [0, 0.05) is 18.3 Å². The maximum Gasteiger partial charge on any atom is 0.264 e. The fourth-order valence-corrected chi connectivity index (χ4v) is 4.82. The number of carbonyl (C=O) groups is 2. The monoisotopic (exact) mass is 430 g/mol. The summed E-state index contributed by atoms with van der Waals surface area (Å²) in [4.78, 5) is 33.5. The van der Waals surface area contributed by atoms with Crippen LogP contribution < -0.4 is 5.32 Å². The predicted octanol–water partition coefficient (Wildman–Crippen LogP) is 4.61. The molecule has 1 unspecified atom stereocenters. The number of aromatic nitrogens is 2. The number of aryl methyl sites for hydroxylation is 1. The summed E-state index contributed by atoms with van der Waals surface area (Å²) in [6.07, 6.45) is 3.37. The van der Waals surface area contributed by atoms with Gasteiger partial charge in [0.15, 0.2) is 0 Å². The minimum atomic E-state index is -0.492. The number of anilines is 1. The summed E-state index contributed by atoms with van der Waals surface area (Å²) in [6.45, 7) is 2.59. The number of pyridine rings is 1. The van der Waals surface area contributed by atoms with Crippen molar-refractivity contribution in [3.63, 3.8) is 0 Å². The smallest absolute Gasteiger partial charge is 0.264 e. The van der Waals surface area contributed by atoms with Crippen molar-refractivity contribution in [3.8, 4) is 11.3 Å². The Bertz CT molecular complexity index is 1250. The lowest BCUT2D eigenvalue weighted by molar-refractivity contribution is -0.119. The quantitative estimate of drug-likeness (QED) is 0.514. The molecule has 5 rings (SSSR count). The van der Waals surface area contributed by atoms with E-state index >= 15 is 0 Å². The van der Waals surface area contributed by atoms with Crippen LogP contribution >= 0.6 is 11.3 Å². The molecule has 1 fully saturated rings. The molecule has 1 aliphatic heterocycles. The highest BCUT2D eigenvalue weighted by Crippen LogP contribution is 2.31. The minimum absolute atomic E-state index is 0.0788. The van der Waals surface area contributed by atoms with Crippen LogP contribution in [-0.4, -0.2) is 38.7 Å². The van der Waals surface area contributed by atoms with Crippen molar-refractivity contribution >= 4 is 34.6 Å². The number of amides is 2. The first kappa shape index (κ1) is 19.5. The van der Waals surface area contributed by atoms with Crippen molar-refractivity contribution in [1.82, 2.24) is 14.3 Å². The molecule has 4 heterocycles. The Hall–Kier alpha value is -3.45. The van der Waals surface area contributed by atoms with Crippen molar-refractivity contribution in [3.05, 3.63) is 76.6 Å². The standard InChI is InChI=1S/C24H22N4O2S/c1-16-8-5-14-28-21(16)25-20(17-9-3-2-4-10-17)22(28)26-23(29)18-11-6-13-27(18)24(30)19-12-7-15-31-19/h2-5,7-10,12,14-15,18H,6,11,13H2,1H3,(H,26,29). The van der Waals surface area contributed by atoms with Crippen LogP contribution in [0, 0.1) is 6.92 Å². The molecule has 1 aromatic carbocycles. The largest absolute Gasteiger partial charge is 0.326 e. The van der Waals surface area contributed by atoms with Gasteiger partial charge < -0.3 is 10.2 Å². The molecule has 0 radical (unpaired) electrons. The van der Waals surface area contributed by atoms with E-state index in [0.29, 0.717) is 23.7 Å². The summed E-state index contributed by atoms with van der Waals surface area (Å²) in [5.74, 6) is 0.373. The number of benzene rings is 1. The molecule has 1 N–H and O–H groups in total. The number of thiophene rings is 1. The van der Waals surface area contributed by atoms with Crippen molar-refractivity contribution in [2.45, 2.75) is 25.8 Å². The Labute approximate surface area is 184 Å². The third-order valence-electron chi connectivity index (χ3n) is 5.68. The number of carbonyl (C=O) groups excluding carboxylic acids is 2. The van der Waals surface area contributed by atoms with Gasteiger partial charge >= 0.3 is 0 Å². The van der Waals surface area contributed by atoms with Crippen LogP contribution in [0.4, 0.5) is 5.82 Å². The van der Waals surface area contributed by atoms with E-state index in [4.69, 9.17) is 4.98 Å². The molecule has 1 saturated heterocycles. The van der Waals surface area contributed by atoms with Gasteiger partial charge in [0.25, 0.3) is 5.91 Å². The van der Waals surface area contributed by atoms with E-state index in [9.17, 15) is 9.59 Å². The minimum Gasteiger partial charge on any atom is -0.326 e. The lowest BCUT2D eigenvalue weighted by Crippen LogP contribution is -2.43. The summed E-state index contributed by atoms with van der Waals surface area (Å²) >= 11 is 1.40. The van der Waals surface area contributed by atoms with E-state index in [-0.39, 0.29) is 11.8 Å². The van der Waals surface area contributed by atoms with E-state index < -0.39 is 6.04 Å². The Balaban J connectivity index is 1.50. The summed E-state index contributed by atoms with van der Waals surface area (Å²) in [5.41, 5.74) is 3.47. The van der Waals surface area contributed by atoms with E-state index in [1.807, 2.05) is 71.4 Å². The first-order chi connectivity index (χ1) is 15.1. The molecule has 31 heavy (non-hydrogen) atoms. The molecule has 0 aliphatic carbocycles. The van der Waals surface area contributed by atoms with E-state index in [1.54, 1.807) is 11.0 Å². The molecule has 6 nitrogen and oxygen atoms in total. The number of rotatable bonds is 4. The van der Waals surface area contributed by atoms with Crippen molar-refractivity contribution in [2.75, 3.05) is 11.9 Å². The highest BCUT2D eigenvalue weighted by atomic mass is 32.1. The fraction of sp³-hybridized carbons (Fsp3) is 0.208. The van der Waals surface area contributed by atoms with E-state index in [2.05, 4.69) is 5.32 Å². The topological polar surface area (TPSA) is 66.7 Å². The van der Waals surface area contributed by atoms with E-state index in [0.717, 1.165) is 28.9 Å².